The lowest BCUT2D eigenvalue weighted by molar-refractivity contribution is -0.137. The lowest BCUT2D eigenvalue weighted by Crippen LogP contribution is -2.40. The Labute approximate surface area is 126 Å². The monoisotopic (exact) mass is 321 g/mol. The molecule has 1 aliphatic rings. The zero-order valence-corrected chi connectivity index (χ0v) is 12.9. The molecule has 1 aliphatic heterocycles. The molecule has 0 bridgehead atoms. The Morgan fingerprint density at radius 1 is 1.25 bits per heavy atom. The Hall–Kier alpha value is -0.330. The summed E-state index contributed by atoms with van der Waals surface area (Å²) in [4.78, 5) is 0. The van der Waals surface area contributed by atoms with Crippen molar-refractivity contribution in [3.8, 4) is 0 Å². The molecular formula is C14H18F3NS2. The maximum Gasteiger partial charge on any atom is 0.416 e. The summed E-state index contributed by atoms with van der Waals surface area (Å²) in [5.41, 5.74) is 0.373. The van der Waals surface area contributed by atoms with Crippen LogP contribution in [0.25, 0.3) is 0 Å². The van der Waals surface area contributed by atoms with Crippen molar-refractivity contribution < 1.29 is 13.2 Å². The molecule has 0 spiro atoms. The van der Waals surface area contributed by atoms with Crippen LogP contribution in [0.1, 0.15) is 11.1 Å². The number of alkyl halides is 3. The predicted molar refractivity (Wildman–Crippen MR) is 81.6 cm³/mol. The fourth-order valence-electron chi connectivity index (χ4n) is 2.24. The quantitative estimate of drug-likeness (QED) is 0.908. The Morgan fingerprint density at radius 3 is 2.45 bits per heavy atom. The Kier molecular flexibility index (Phi) is 5.69. The third-order valence-electron chi connectivity index (χ3n) is 3.40. The first-order valence-corrected chi connectivity index (χ1v) is 8.74. The van der Waals surface area contributed by atoms with Crippen LogP contribution in [0.4, 0.5) is 13.2 Å². The molecule has 0 saturated carbocycles. The number of benzene rings is 1. The SMILES string of the molecule is CNC(Cc1ccc(C(F)(F)F)cc1)C1CSCCS1. The first-order valence-electron chi connectivity index (χ1n) is 6.53. The van der Waals surface area contributed by atoms with Crippen LogP contribution >= 0.6 is 23.5 Å². The highest BCUT2D eigenvalue weighted by atomic mass is 32.2. The minimum absolute atomic E-state index is 0.310. The summed E-state index contributed by atoms with van der Waals surface area (Å²) in [6, 6.07) is 5.83. The van der Waals surface area contributed by atoms with E-state index < -0.39 is 11.7 Å². The molecule has 20 heavy (non-hydrogen) atoms. The van der Waals surface area contributed by atoms with Crippen LogP contribution in [0.3, 0.4) is 0 Å². The van der Waals surface area contributed by atoms with Gasteiger partial charge in [0, 0.05) is 28.6 Å². The van der Waals surface area contributed by atoms with E-state index in [4.69, 9.17) is 0 Å². The van der Waals surface area contributed by atoms with Crippen molar-refractivity contribution in [2.45, 2.75) is 23.9 Å². The summed E-state index contributed by atoms with van der Waals surface area (Å²) in [5.74, 6) is 3.45. The molecule has 0 aromatic heterocycles. The highest BCUT2D eigenvalue weighted by Gasteiger charge is 2.30. The second-order valence-electron chi connectivity index (χ2n) is 4.78. The largest absolute Gasteiger partial charge is 0.416 e. The summed E-state index contributed by atoms with van der Waals surface area (Å²) >= 11 is 3.91. The predicted octanol–water partition coefficient (Wildman–Crippen LogP) is 3.68. The number of halogens is 3. The van der Waals surface area contributed by atoms with Crippen LogP contribution in [0.2, 0.25) is 0 Å². The minimum atomic E-state index is -4.25. The van der Waals surface area contributed by atoms with E-state index >= 15 is 0 Å². The van der Waals surface area contributed by atoms with E-state index in [0.29, 0.717) is 11.3 Å². The lowest BCUT2D eigenvalue weighted by atomic mass is 10.0. The molecule has 1 nitrogen and oxygen atoms in total. The topological polar surface area (TPSA) is 12.0 Å². The standard InChI is InChI=1S/C14H18F3NS2/c1-18-12(13-9-19-6-7-20-13)8-10-2-4-11(5-3-10)14(15,16)17/h2-5,12-13,18H,6-9H2,1H3. The third-order valence-corrected chi connectivity index (χ3v) is 6.32. The van der Waals surface area contributed by atoms with E-state index in [1.807, 2.05) is 30.6 Å². The maximum absolute atomic E-state index is 12.5. The van der Waals surface area contributed by atoms with Gasteiger partial charge in [0.25, 0.3) is 0 Å². The molecule has 6 heteroatoms. The van der Waals surface area contributed by atoms with Gasteiger partial charge in [-0.15, -0.1) is 0 Å². The number of rotatable bonds is 4. The number of thioether (sulfide) groups is 2. The summed E-state index contributed by atoms with van der Waals surface area (Å²) in [6.45, 7) is 0. The molecule has 2 atom stereocenters. The van der Waals surface area contributed by atoms with Gasteiger partial charge < -0.3 is 5.32 Å². The zero-order chi connectivity index (χ0) is 14.6. The highest BCUT2D eigenvalue weighted by Crippen LogP contribution is 2.30. The molecule has 2 rings (SSSR count). The minimum Gasteiger partial charge on any atom is -0.316 e. The van der Waals surface area contributed by atoms with E-state index in [2.05, 4.69) is 5.32 Å². The molecule has 1 aromatic carbocycles. The lowest BCUT2D eigenvalue weighted by Gasteiger charge is -2.29. The molecule has 1 aromatic rings. The zero-order valence-electron chi connectivity index (χ0n) is 11.2. The van der Waals surface area contributed by atoms with Gasteiger partial charge in [0.2, 0.25) is 0 Å². The van der Waals surface area contributed by atoms with Gasteiger partial charge in [0.15, 0.2) is 0 Å². The van der Waals surface area contributed by atoms with Crippen molar-refractivity contribution in [2.24, 2.45) is 0 Å². The molecule has 0 radical (unpaired) electrons. The van der Waals surface area contributed by atoms with E-state index in [1.165, 1.54) is 17.9 Å². The van der Waals surface area contributed by atoms with E-state index in [0.717, 1.165) is 23.5 Å². The van der Waals surface area contributed by atoms with Gasteiger partial charge in [0.05, 0.1) is 5.56 Å². The van der Waals surface area contributed by atoms with E-state index in [9.17, 15) is 13.2 Å². The van der Waals surface area contributed by atoms with Gasteiger partial charge in [-0.3, -0.25) is 0 Å². The Balaban J connectivity index is 2.00. The van der Waals surface area contributed by atoms with E-state index in [-0.39, 0.29) is 0 Å². The summed E-state index contributed by atoms with van der Waals surface area (Å²) in [7, 11) is 1.93. The number of hydrogen-bond acceptors (Lipinski definition) is 3. The number of nitrogens with one attached hydrogen (secondary N) is 1. The first kappa shape index (κ1) is 16.0. The van der Waals surface area contributed by atoms with Gasteiger partial charge >= 0.3 is 6.18 Å². The van der Waals surface area contributed by atoms with Crippen LogP contribution in [0.5, 0.6) is 0 Å². The van der Waals surface area contributed by atoms with Gasteiger partial charge in [-0.25, -0.2) is 0 Å². The van der Waals surface area contributed by atoms with Crippen LogP contribution in [-0.4, -0.2) is 35.6 Å². The van der Waals surface area contributed by atoms with Gasteiger partial charge in [-0.1, -0.05) is 12.1 Å². The van der Waals surface area contributed by atoms with Crippen molar-refractivity contribution in [1.82, 2.24) is 5.32 Å². The van der Waals surface area contributed by atoms with Crippen LogP contribution < -0.4 is 5.32 Å². The molecule has 2 unspecified atom stereocenters. The Bertz CT molecular complexity index is 413. The molecular weight excluding hydrogens is 303 g/mol. The number of likely N-dealkylation sites (N-methyl/N-ethyl adjacent to an activating group) is 1. The summed E-state index contributed by atoms with van der Waals surface area (Å²) in [5, 5.41) is 3.84. The number of hydrogen-bond donors (Lipinski definition) is 1. The smallest absolute Gasteiger partial charge is 0.316 e. The van der Waals surface area contributed by atoms with Crippen molar-refractivity contribution in [2.75, 3.05) is 24.3 Å². The van der Waals surface area contributed by atoms with Crippen molar-refractivity contribution in [3.05, 3.63) is 35.4 Å². The summed E-state index contributed by atoms with van der Waals surface area (Å²) < 4.78 is 37.6. The Morgan fingerprint density at radius 2 is 1.95 bits per heavy atom. The van der Waals surface area contributed by atoms with Gasteiger partial charge in [0.1, 0.15) is 0 Å². The molecule has 112 valence electrons. The first-order chi connectivity index (χ1) is 9.50. The van der Waals surface area contributed by atoms with E-state index in [1.54, 1.807) is 12.1 Å². The second kappa shape index (κ2) is 7.09. The normalized spacial score (nSPS) is 21.7. The van der Waals surface area contributed by atoms with Crippen molar-refractivity contribution >= 4 is 23.5 Å². The highest BCUT2D eigenvalue weighted by molar-refractivity contribution is 8.06. The van der Waals surface area contributed by atoms with Crippen molar-refractivity contribution in [1.29, 1.82) is 0 Å². The molecule has 1 saturated heterocycles. The fraction of sp³-hybridized carbons (Fsp3) is 0.571. The molecule has 0 amide bonds. The maximum atomic E-state index is 12.5. The van der Waals surface area contributed by atoms with Gasteiger partial charge in [-0.2, -0.15) is 36.7 Å². The van der Waals surface area contributed by atoms with Crippen molar-refractivity contribution in [3.63, 3.8) is 0 Å². The van der Waals surface area contributed by atoms with Crippen LogP contribution in [-0.2, 0) is 12.6 Å². The molecule has 1 fully saturated rings. The van der Waals surface area contributed by atoms with Gasteiger partial charge in [-0.05, 0) is 31.2 Å². The van der Waals surface area contributed by atoms with Crippen LogP contribution in [0, 0.1) is 0 Å². The third kappa shape index (κ3) is 4.33. The molecule has 1 N–H and O–H groups in total. The fourth-order valence-corrected chi connectivity index (χ4v) is 5.17. The van der Waals surface area contributed by atoms with Crippen LogP contribution in [0.15, 0.2) is 24.3 Å². The average molecular weight is 321 g/mol. The average Bonchev–Trinajstić information content (AvgIpc) is 2.45. The molecule has 0 aliphatic carbocycles. The second-order valence-corrected chi connectivity index (χ2v) is 7.28. The summed E-state index contributed by atoms with van der Waals surface area (Å²) in [6.07, 6.45) is -3.48. The molecule has 1 heterocycles.